The summed E-state index contributed by atoms with van der Waals surface area (Å²) in [5.74, 6) is 0.818. The van der Waals surface area contributed by atoms with Crippen LogP contribution in [0.1, 0.15) is 44.9 Å². The minimum absolute atomic E-state index is 0.00900. The van der Waals surface area contributed by atoms with E-state index in [4.69, 9.17) is 9.47 Å². The van der Waals surface area contributed by atoms with Crippen LogP contribution in [0.2, 0.25) is 0 Å². The number of carbonyl (C=O) groups is 1. The van der Waals surface area contributed by atoms with Gasteiger partial charge in [-0.2, -0.15) is 0 Å². The topological polar surface area (TPSA) is 35.5 Å². The van der Waals surface area contributed by atoms with Crippen LogP contribution in [0.15, 0.2) is 23.5 Å². The van der Waals surface area contributed by atoms with Crippen molar-refractivity contribution in [1.82, 2.24) is 0 Å². The Morgan fingerprint density at radius 1 is 1.29 bits per heavy atom. The molecule has 0 spiro atoms. The van der Waals surface area contributed by atoms with E-state index in [0.717, 1.165) is 49.9 Å². The van der Waals surface area contributed by atoms with E-state index in [1.165, 1.54) is 6.42 Å². The van der Waals surface area contributed by atoms with Crippen LogP contribution in [0.3, 0.4) is 0 Å². The lowest BCUT2D eigenvalue weighted by molar-refractivity contribution is -0.145. The third-order valence-electron chi connectivity index (χ3n) is 3.38. The van der Waals surface area contributed by atoms with Crippen LogP contribution >= 0.6 is 0 Å². The number of hydrogen-bond donors (Lipinski definition) is 0. The fourth-order valence-corrected chi connectivity index (χ4v) is 2.36. The predicted molar refractivity (Wildman–Crippen MR) is 65.4 cm³/mol. The minimum Gasteiger partial charge on any atom is -0.501 e. The zero-order valence-electron chi connectivity index (χ0n) is 10.4. The molecule has 17 heavy (non-hydrogen) atoms. The highest BCUT2D eigenvalue weighted by Crippen LogP contribution is 2.24. The van der Waals surface area contributed by atoms with Gasteiger partial charge < -0.3 is 9.47 Å². The molecule has 3 heteroatoms. The molecule has 0 radical (unpaired) electrons. The summed E-state index contributed by atoms with van der Waals surface area (Å²) in [6, 6.07) is 0. The van der Waals surface area contributed by atoms with E-state index in [2.05, 4.69) is 6.08 Å². The molecule has 2 aliphatic rings. The molecule has 0 heterocycles. The fraction of sp³-hybridized carbons (Fsp3) is 0.643. The first-order chi connectivity index (χ1) is 8.29. The number of esters is 1. The van der Waals surface area contributed by atoms with Gasteiger partial charge in [0.1, 0.15) is 6.10 Å². The second kappa shape index (κ2) is 5.89. The van der Waals surface area contributed by atoms with Gasteiger partial charge in [-0.05, 0) is 44.6 Å². The molecule has 0 aromatic carbocycles. The summed E-state index contributed by atoms with van der Waals surface area (Å²) in [6.45, 7) is 0. The number of ether oxygens (including phenoxy) is 2. The highest BCUT2D eigenvalue weighted by atomic mass is 16.5. The standard InChI is InChI=1S/C14H20O3/c1-16-12-8-5-9-13(10-12)17-14(15)11-6-3-2-4-7-11/h6,8,13H,2-5,7,9-10H2,1H3. The van der Waals surface area contributed by atoms with Crippen LogP contribution in [0.5, 0.6) is 0 Å². The molecular weight excluding hydrogens is 216 g/mol. The monoisotopic (exact) mass is 236 g/mol. The van der Waals surface area contributed by atoms with Gasteiger partial charge in [0.05, 0.1) is 12.9 Å². The highest BCUT2D eigenvalue weighted by molar-refractivity contribution is 5.88. The second-order valence-corrected chi connectivity index (χ2v) is 4.66. The lowest BCUT2D eigenvalue weighted by Crippen LogP contribution is -2.23. The van der Waals surface area contributed by atoms with Gasteiger partial charge in [0, 0.05) is 12.0 Å². The van der Waals surface area contributed by atoms with E-state index in [0.29, 0.717) is 0 Å². The summed E-state index contributed by atoms with van der Waals surface area (Å²) in [7, 11) is 1.67. The molecule has 0 saturated carbocycles. The largest absolute Gasteiger partial charge is 0.501 e. The molecular formula is C14H20O3. The van der Waals surface area contributed by atoms with Gasteiger partial charge in [0.2, 0.25) is 0 Å². The summed E-state index contributed by atoms with van der Waals surface area (Å²) in [5, 5.41) is 0. The van der Waals surface area contributed by atoms with Gasteiger partial charge in [-0.1, -0.05) is 6.08 Å². The quantitative estimate of drug-likeness (QED) is 0.706. The average Bonchev–Trinajstić information content (AvgIpc) is 2.40. The van der Waals surface area contributed by atoms with E-state index in [-0.39, 0.29) is 12.1 Å². The van der Waals surface area contributed by atoms with Gasteiger partial charge in [-0.15, -0.1) is 0 Å². The molecule has 3 nitrogen and oxygen atoms in total. The van der Waals surface area contributed by atoms with Crippen molar-refractivity contribution in [3.05, 3.63) is 23.5 Å². The Bertz CT molecular complexity index is 341. The summed E-state index contributed by atoms with van der Waals surface area (Å²) < 4.78 is 10.7. The Balaban J connectivity index is 1.86. The Morgan fingerprint density at radius 3 is 2.88 bits per heavy atom. The van der Waals surface area contributed by atoms with Crippen molar-refractivity contribution in [3.63, 3.8) is 0 Å². The zero-order valence-corrected chi connectivity index (χ0v) is 10.4. The molecule has 2 rings (SSSR count). The summed E-state index contributed by atoms with van der Waals surface area (Å²) in [6.07, 6.45) is 10.8. The molecule has 1 unspecified atom stereocenters. The van der Waals surface area contributed by atoms with Crippen molar-refractivity contribution in [2.24, 2.45) is 0 Å². The number of methoxy groups -OCH3 is 1. The molecule has 0 amide bonds. The first kappa shape index (κ1) is 12.2. The Morgan fingerprint density at radius 2 is 2.18 bits per heavy atom. The molecule has 0 aromatic rings. The molecule has 0 fully saturated rings. The normalized spacial score (nSPS) is 24.6. The van der Waals surface area contributed by atoms with Gasteiger partial charge in [-0.25, -0.2) is 4.79 Å². The van der Waals surface area contributed by atoms with Crippen LogP contribution in [0, 0.1) is 0 Å². The Labute approximate surface area is 102 Å². The zero-order chi connectivity index (χ0) is 12.1. The van der Waals surface area contributed by atoms with Crippen molar-refractivity contribution >= 4 is 5.97 Å². The minimum atomic E-state index is -0.118. The van der Waals surface area contributed by atoms with Crippen molar-refractivity contribution in [2.75, 3.05) is 7.11 Å². The molecule has 2 aliphatic carbocycles. The summed E-state index contributed by atoms with van der Waals surface area (Å²) in [5.41, 5.74) is 0.866. The van der Waals surface area contributed by atoms with Crippen LogP contribution in [-0.4, -0.2) is 19.2 Å². The van der Waals surface area contributed by atoms with Crippen molar-refractivity contribution in [2.45, 2.75) is 51.0 Å². The lowest BCUT2D eigenvalue weighted by atomic mass is 9.99. The van der Waals surface area contributed by atoms with Gasteiger partial charge in [0.15, 0.2) is 0 Å². The SMILES string of the molecule is COC1=CCCC(OC(=O)C2=CCCCC2)C1. The maximum absolute atomic E-state index is 11.9. The molecule has 0 aromatic heterocycles. The first-order valence-electron chi connectivity index (χ1n) is 6.42. The molecule has 1 atom stereocenters. The van der Waals surface area contributed by atoms with E-state index >= 15 is 0 Å². The fourth-order valence-electron chi connectivity index (χ4n) is 2.36. The number of hydrogen-bond acceptors (Lipinski definition) is 3. The van der Waals surface area contributed by atoms with E-state index in [1.54, 1.807) is 7.11 Å². The van der Waals surface area contributed by atoms with Crippen molar-refractivity contribution in [1.29, 1.82) is 0 Å². The number of rotatable bonds is 3. The third kappa shape index (κ3) is 3.35. The maximum atomic E-state index is 11.9. The van der Waals surface area contributed by atoms with E-state index < -0.39 is 0 Å². The summed E-state index contributed by atoms with van der Waals surface area (Å²) in [4.78, 5) is 11.9. The first-order valence-corrected chi connectivity index (χ1v) is 6.42. The van der Waals surface area contributed by atoms with Crippen LogP contribution < -0.4 is 0 Å². The van der Waals surface area contributed by atoms with E-state index in [1.807, 2.05) is 6.08 Å². The van der Waals surface area contributed by atoms with Crippen LogP contribution in [-0.2, 0) is 14.3 Å². The predicted octanol–water partition coefficient (Wildman–Crippen LogP) is 3.11. The number of carbonyl (C=O) groups excluding carboxylic acids is 1. The smallest absolute Gasteiger partial charge is 0.333 e. The molecule has 0 aliphatic heterocycles. The highest BCUT2D eigenvalue weighted by Gasteiger charge is 2.22. The average molecular weight is 236 g/mol. The second-order valence-electron chi connectivity index (χ2n) is 4.66. The molecule has 0 N–H and O–H groups in total. The molecule has 94 valence electrons. The summed E-state index contributed by atoms with van der Waals surface area (Å²) >= 11 is 0. The van der Waals surface area contributed by atoms with Gasteiger partial charge in [0.25, 0.3) is 0 Å². The molecule has 0 saturated heterocycles. The maximum Gasteiger partial charge on any atom is 0.333 e. The van der Waals surface area contributed by atoms with E-state index in [9.17, 15) is 4.79 Å². The van der Waals surface area contributed by atoms with Crippen LogP contribution in [0.25, 0.3) is 0 Å². The van der Waals surface area contributed by atoms with Gasteiger partial charge >= 0.3 is 5.97 Å². The van der Waals surface area contributed by atoms with Gasteiger partial charge in [-0.3, -0.25) is 0 Å². The third-order valence-corrected chi connectivity index (χ3v) is 3.38. The Kier molecular flexibility index (Phi) is 4.24. The van der Waals surface area contributed by atoms with Crippen molar-refractivity contribution in [3.8, 4) is 0 Å². The lowest BCUT2D eigenvalue weighted by Gasteiger charge is -2.23. The Hall–Kier alpha value is -1.25. The number of allylic oxidation sites excluding steroid dienone is 2. The van der Waals surface area contributed by atoms with Crippen molar-refractivity contribution < 1.29 is 14.3 Å². The van der Waals surface area contributed by atoms with Crippen LogP contribution in [0.4, 0.5) is 0 Å². The molecule has 0 bridgehead atoms.